The fraction of sp³-hybridized carbons (Fsp3) is 0.250. The highest BCUT2D eigenvalue weighted by atomic mass is 32.2. The second kappa shape index (κ2) is 7.04. The van der Waals surface area contributed by atoms with Gasteiger partial charge < -0.3 is 14.9 Å². The zero-order chi connectivity index (χ0) is 15.2. The summed E-state index contributed by atoms with van der Waals surface area (Å²) in [4.78, 5) is 10.3. The number of methoxy groups -OCH3 is 1. The van der Waals surface area contributed by atoms with Crippen LogP contribution in [0.3, 0.4) is 0 Å². The van der Waals surface area contributed by atoms with Crippen molar-refractivity contribution in [3.05, 3.63) is 29.8 Å². The average molecular weight is 301 g/mol. The molecule has 0 saturated carbocycles. The van der Waals surface area contributed by atoms with Gasteiger partial charge in [-0.25, -0.2) is 17.9 Å². The molecule has 8 heteroatoms. The van der Waals surface area contributed by atoms with Gasteiger partial charge in [0.15, 0.2) is 0 Å². The van der Waals surface area contributed by atoms with Crippen LogP contribution in [0.5, 0.6) is 5.75 Å². The van der Waals surface area contributed by atoms with Gasteiger partial charge in [0.05, 0.1) is 13.7 Å². The summed E-state index contributed by atoms with van der Waals surface area (Å²) in [6.45, 7) is -0.458. The molecule has 0 aromatic heterocycles. The number of sulfonamides is 1. The Balaban J connectivity index is 3.21. The van der Waals surface area contributed by atoms with E-state index in [2.05, 4.69) is 4.72 Å². The highest BCUT2D eigenvalue weighted by molar-refractivity contribution is 7.89. The maximum absolute atomic E-state index is 12.0. The van der Waals surface area contributed by atoms with Gasteiger partial charge in [-0.15, -0.1) is 0 Å². The predicted octanol–water partition coefficient (Wildman–Crippen LogP) is 0.0636. The molecule has 0 radical (unpaired) electrons. The Labute approximate surface area is 116 Å². The average Bonchev–Trinajstić information content (AvgIpc) is 2.42. The Kier molecular flexibility index (Phi) is 5.68. The Hall–Kier alpha value is -1.90. The number of aliphatic hydroxyl groups is 1. The van der Waals surface area contributed by atoms with Crippen LogP contribution in [-0.4, -0.2) is 44.9 Å². The molecule has 7 nitrogen and oxygen atoms in total. The van der Waals surface area contributed by atoms with E-state index < -0.39 is 16.0 Å². The van der Waals surface area contributed by atoms with Crippen molar-refractivity contribution in [2.24, 2.45) is 0 Å². The molecule has 0 aliphatic rings. The number of ether oxygens (including phenoxy) is 1. The largest absolute Gasteiger partial charge is 0.495 e. The summed E-state index contributed by atoms with van der Waals surface area (Å²) in [5, 5.41) is 17.2. The number of carboxylic acids is 1. The summed E-state index contributed by atoms with van der Waals surface area (Å²) in [6, 6.07) is 4.25. The van der Waals surface area contributed by atoms with Crippen LogP contribution in [0.4, 0.5) is 0 Å². The van der Waals surface area contributed by atoms with Gasteiger partial charge >= 0.3 is 5.97 Å². The van der Waals surface area contributed by atoms with E-state index in [4.69, 9.17) is 14.9 Å². The fourth-order valence-corrected chi connectivity index (χ4v) is 2.66. The van der Waals surface area contributed by atoms with Crippen LogP contribution in [0, 0.1) is 0 Å². The van der Waals surface area contributed by atoms with Crippen molar-refractivity contribution in [3.8, 4) is 5.75 Å². The summed E-state index contributed by atoms with van der Waals surface area (Å²) in [5.74, 6) is -1.01. The minimum Gasteiger partial charge on any atom is -0.495 e. The van der Waals surface area contributed by atoms with Gasteiger partial charge in [-0.3, -0.25) is 0 Å². The third-order valence-corrected chi connectivity index (χ3v) is 3.78. The summed E-state index contributed by atoms with van der Waals surface area (Å²) in [6.07, 6.45) is 2.17. The first-order valence-electron chi connectivity index (χ1n) is 5.60. The van der Waals surface area contributed by atoms with Gasteiger partial charge in [-0.1, -0.05) is 6.07 Å². The van der Waals surface area contributed by atoms with Gasteiger partial charge in [0.1, 0.15) is 10.6 Å². The summed E-state index contributed by atoms with van der Waals surface area (Å²) >= 11 is 0. The molecule has 1 aromatic rings. The Morgan fingerprint density at radius 3 is 2.70 bits per heavy atom. The van der Waals surface area contributed by atoms with Crippen LogP contribution in [-0.2, 0) is 14.8 Å². The number of nitrogens with one attached hydrogen (secondary N) is 1. The van der Waals surface area contributed by atoms with Crippen LogP contribution in [0.1, 0.15) is 5.56 Å². The Morgan fingerprint density at radius 2 is 2.15 bits per heavy atom. The van der Waals surface area contributed by atoms with Crippen molar-refractivity contribution in [1.29, 1.82) is 0 Å². The molecule has 1 aromatic carbocycles. The highest BCUT2D eigenvalue weighted by Crippen LogP contribution is 2.25. The minimum absolute atomic E-state index is 0.124. The van der Waals surface area contributed by atoms with Crippen molar-refractivity contribution in [1.82, 2.24) is 4.72 Å². The molecular weight excluding hydrogens is 286 g/mol. The molecule has 0 aliphatic heterocycles. The van der Waals surface area contributed by atoms with E-state index in [1.165, 1.54) is 31.4 Å². The van der Waals surface area contributed by atoms with E-state index in [0.29, 0.717) is 5.56 Å². The molecule has 0 spiro atoms. The lowest BCUT2D eigenvalue weighted by Gasteiger charge is -2.10. The van der Waals surface area contributed by atoms with Crippen LogP contribution in [0.2, 0.25) is 0 Å². The number of hydrogen-bond acceptors (Lipinski definition) is 5. The molecule has 0 bridgehead atoms. The number of rotatable bonds is 7. The first-order chi connectivity index (χ1) is 9.40. The summed E-state index contributed by atoms with van der Waals surface area (Å²) in [5.41, 5.74) is 0.401. The molecule has 0 unspecified atom stereocenters. The maximum atomic E-state index is 12.0. The first kappa shape index (κ1) is 16.2. The fourth-order valence-electron chi connectivity index (χ4n) is 1.43. The number of carbonyl (C=O) groups is 1. The molecular formula is C12H15NO6S. The number of aliphatic carboxylic acids is 1. The minimum atomic E-state index is -3.84. The smallest absolute Gasteiger partial charge is 0.328 e. The lowest BCUT2D eigenvalue weighted by Crippen LogP contribution is -2.27. The second-order valence-electron chi connectivity index (χ2n) is 3.70. The number of aliphatic hydroxyl groups excluding tert-OH is 1. The summed E-state index contributed by atoms with van der Waals surface area (Å²) < 4.78 is 31.2. The number of hydrogen-bond donors (Lipinski definition) is 3. The van der Waals surface area contributed by atoms with Gasteiger partial charge in [-0.2, -0.15) is 0 Å². The molecule has 1 rings (SSSR count). The molecule has 110 valence electrons. The molecule has 3 N–H and O–H groups in total. The zero-order valence-electron chi connectivity index (χ0n) is 10.7. The van der Waals surface area contributed by atoms with Crippen molar-refractivity contribution in [2.45, 2.75) is 4.90 Å². The van der Waals surface area contributed by atoms with Crippen molar-refractivity contribution < 1.29 is 28.2 Å². The maximum Gasteiger partial charge on any atom is 0.328 e. The molecule has 20 heavy (non-hydrogen) atoms. The quantitative estimate of drug-likeness (QED) is 0.614. The van der Waals surface area contributed by atoms with Gasteiger partial charge in [0, 0.05) is 12.6 Å². The SMILES string of the molecule is COc1ccc(C=CC(=O)O)cc1S(=O)(=O)NCCO. The molecule has 0 amide bonds. The lowest BCUT2D eigenvalue weighted by molar-refractivity contribution is -0.131. The molecule has 0 saturated heterocycles. The van der Waals surface area contributed by atoms with E-state index in [-0.39, 0.29) is 23.8 Å². The van der Waals surface area contributed by atoms with E-state index in [9.17, 15) is 13.2 Å². The molecule has 0 aliphatic carbocycles. The monoisotopic (exact) mass is 301 g/mol. The third kappa shape index (κ3) is 4.34. The van der Waals surface area contributed by atoms with Gasteiger partial charge in [0.2, 0.25) is 10.0 Å². The van der Waals surface area contributed by atoms with Crippen LogP contribution >= 0.6 is 0 Å². The Bertz CT molecular complexity index is 608. The van der Waals surface area contributed by atoms with Crippen LogP contribution in [0.15, 0.2) is 29.2 Å². The highest BCUT2D eigenvalue weighted by Gasteiger charge is 2.19. The van der Waals surface area contributed by atoms with Crippen LogP contribution < -0.4 is 9.46 Å². The van der Waals surface area contributed by atoms with Gasteiger partial charge in [0.25, 0.3) is 0 Å². The Morgan fingerprint density at radius 1 is 1.45 bits per heavy atom. The van der Waals surface area contributed by atoms with Crippen molar-refractivity contribution in [2.75, 3.05) is 20.3 Å². The normalized spacial score (nSPS) is 11.7. The second-order valence-corrected chi connectivity index (χ2v) is 5.44. The standard InChI is InChI=1S/C12H15NO6S/c1-19-10-4-2-9(3-5-12(15)16)8-11(10)20(17,18)13-6-7-14/h2-5,8,13-14H,6-7H2,1H3,(H,15,16). The van der Waals surface area contributed by atoms with Crippen LogP contribution in [0.25, 0.3) is 6.08 Å². The number of benzene rings is 1. The van der Waals surface area contributed by atoms with E-state index in [1.807, 2.05) is 0 Å². The van der Waals surface area contributed by atoms with E-state index >= 15 is 0 Å². The first-order valence-corrected chi connectivity index (χ1v) is 7.08. The zero-order valence-corrected chi connectivity index (χ0v) is 11.6. The third-order valence-electron chi connectivity index (χ3n) is 2.30. The van der Waals surface area contributed by atoms with Gasteiger partial charge in [-0.05, 0) is 23.8 Å². The summed E-state index contributed by atoms with van der Waals surface area (Å²) in [7, 11) is -2.52. The van der Waals surface area contributed by atoms with Crippen molar-refractivity contribution in [3.63, 3.8) is 0 Å². The molecule has 0 atom stereocenters. The number of carboxylic acid groups (broad SMARTS) is 1. The topological polar surface area (TPSA) is 113 Å². The molecule has 0 heterocycles. The van der Waals surface area contributed by atoms with Crippen molar-refractivity contribution >= 4 is 22.1 Å². The van der Waals surface area contributed by atoms with E-state index in [1.54, 1.807) is 0 Å². The van der Waals surface area contributed by atoms with E-state index in [0.717, 1.165) is 6.08 Å². The predicted molar refractivity (Wildman–Crippen MR) is 71.9 cm³/mol. The molecule has 0 fully saturated rings. The lowest BCUT2D eigenvalue weighted by atomic mass is 10.2.